The maximum Gasteiger partial charge on any atom is 0.319 e. The van der Waals surface area contributed by atoms with E-state index in [9.17, 15) is 4.79 Å². The molecule has 0 radical (unpaired) electrons. The standard InChI is InChI=1S/C13H13BrN2OS/c1-9-2-4-10(5-3-9)16-13(17)15-8-12-11(14)6-7-18-12/h2-7H,8H2,1H3,(H2,15,16,17). The van der Waals surface area contributed by atoms with Crippen molar-refractivity contribution < 1.29 is 4.79 Å². The van der Waals surface area contributed by atoms with Crippen molar-refractivity contribution in [3.63, 3.8) is 0 Å². The van der Waals surface area contributed by atoms with E-state index >= 15 is 0 Å². The van der Waals surface area contributed by atoms with E-state index in [0.29, 0.717) is 6.54 Å². The molecule has 2 amide bonds. The normalized spacial score (nSPS) is 10.1. The lowest BCUT2D eigenvalue weighted by Gasteiger charge is -2.07. The maximum atomic E-state index is 11.7. The van der Waals surface area contributed by atoms with Crippen LogP contribution in [0.3, 0.4) is 0 Å². The zero-order valence-corrected chi connectivity index (χ0v) is 12.3. The monoisotopic (exact) mass is 324 g/mol. The zero-order valence-electron chi connectivity index (χ0n) is 9.87. The Kier molecular flexibility index (Phi) is 4.38. The fourth-order valence-electron chi connectivity index (χ4n) is 1.42. The van der Waals surface area contributed by atoms with Gasteiger partial charge < -0.3 is 10.6 Å². The molecule has 2 aromatic rings. The molecular weight excluding hydrogens is 312 g/mol. The van der Waals surface area contributed by atoms with E-state index in [2.05, 4.69) is 26.6 Å². The van der Waals surface area contributed by atoms with Crippen LogP contribution in [0.1, 0.15) is 10.4 Å². The summed E-state index contributed by atoms with van der Waals surface area (Å²) in [5, 5.41) is 7.59. The number of urea groups is 1. The first-order valence-electron chi connectivity index (χ1n) is 5.48. The van der Waals surface area contributed by atoms with Crippen molar-refractivity contribution in [3.8, 4) is 0 Å². The second kappa shape index (κ2) is 6.02. The van der Waals surface area contributed by atoms with Crippen molar-refractivity contribution in [2.45, 2.75) is 13.5 Å². The highest BCUT2D eigenvalue weighted by atomic mass is 79.9. The van der Waals surface area contributed by atoms with Gasteiger partial charge in [-0.15, -0.1) is 11.3 Å². The van der Waals surface area contributed by atoms with Crippen LogP contribution in [0, 0.1) is 6.92 Å². The van der Waals surface area contributed by atoms with Crippen LogP contribution in [0.25, 0.3) is 0 Å². The van der Waals surface area contributed by atoms with Crippen molar-refractivity contribution in [1.29, 1.82) is 0 Å². The number of hydrogen-bond donors (Lipinski definition) is 2. The van der Waals surface area contributed by atoms with E-state index < -0.39 is 0 Å². The lowest BCUT2D eigenvalue weighted by Crippen LogP contribution is -2.27. The third-order valence-electron chi connectivity index (χ3n) is 2.41. The number of nitrogens with one attached hydrogen (secondary N) is 2. The van der Waals surface area contributed by atoms with Crippen molar-refractivity contribution in [2.75, 3.05) is 5.32 Å². The van der Waals surface area contributed by atoms with E-state index in [1.54, 1.807) is 11.3 Å². The van der Waals surface area contributed by atoms with Crippen LogP contribution in [0.4, 0.5) is 10.5 Å². The summed E-state index contributed by atoms with van der Waals surface area (Å²) in [7, 11) is 0. The van der Waals surface area contributed by atoms with Gasteiger partial charge in [-0.2, -0.15) is 0 Å². The SMILES string of the molecule is Cc1ccc(NC(=O)NCc2sccc2Br)cc1. The minimum atomic E-state index is -0.195. The minimum absolute atomic E-state index is 0.195. The number of aryl methyl sites for hydroxylation is 1. The average molecular weight is 325 g/mol. The molecular formula is C13H13BrN2OS. The zero-order chi connectivity index (χ0) is 13.0. The summed E-state index contributed by atoms with van der Waals surface area (Å²) >= 11 is 5.04. The number of halogens is 1. The molecule has 0 aliphatic rings. The molecule has 1 heterocycles. The summed E-state index contributed by atoms with van der Waals surface area (Å²) in [6.45, 7) is 2.54. The third-order valence-corrected chi connectivity index (χ3v) is 4.34. The van der Waals surface area contributed by atoms with Crippen molar-refractivity contribution >= 4 is 39.0 Å². The van der Waals surface area contributed by atoms with Crippen molar-refractivity contribution in [3.05, 3.63) is 50.6 Å². The van der Waals surface area contributed by atoms with Gasteiger partial charge in [0, 0.05) is 15.0 Å². The number of amides is 2. The Morgan fingerprint density at radius 2 is 2.00 bits per heavy atom. The molecule has 18 heavy (non-hydrogen) atoms. The smallest absolute Gasteiger partial charge is 0.319 e. The summed E-state index contributed by atoms with van der Waals surface area (Å²) in [6.07, 6.45) is 0. The number of carbonyl (C=O) groups is 1. The second-order valence-corrected chi connectivity index (χ2v) is 5.72. The largest absolute Gasteiger partial charge is 0.333 e. The van der Waals surface area contributed by atoms with Gasteiger partial charge in [-0.3, -0.25) is 0 Å². The molecule has 94 valence electrons. The van der Waals surface area contributed by atoms with E-state index in [1.807, 2.05) is 42.6 Å². The average Bonchev–Trinajstić information content (AvgIpc) is 2.75. The first kappa shape index (κ1) is 13.1. The molecule has 0 bridgehead atoms. The Hall–Kier alpha value is -1.33. The number of hydrogen-bond acceptors (Lipinski definition) is 2. The highest BCUT2D eigenvalue weighted by molar-refractivity contribution is 9.10. The predicted molar refractivity (Wildman–Crippen MR) is 79.1 cm³/mol. The fraction of sp³-hybridized carbons (Fsp3) is 0.154. The fourth-order valence-corrected chi connectivity index (χ4v) is 2.86. The molecule has 0 unspecified atom stereocenters. The molecule has 0 saturated carbocycles. The number of rotatable bonds is 3. The van der Waals surface area contributed by atoms with Gasteiger partial charge in [-0.05, 0) is 46.4 Å². The Bertz CT molecular complexity index is 536. The highest BCUT2D eigenvalue weighted by Crippen LogP contribution is 2.22. The lowest BCUT2D eigenvalue weighted by atomic mass is 10.2. The molecule has 2 N–H and O–H groups in total. The third kappa shape index (κ3) is 3.58. The number of thiophene rings is 1. The molecule has 1 aromatic carbocycles. The van der Waals surface area contributed by atoms with Crippen LogP contribution >= 0.6 is 27.3 Å². The van der Waals surface area contributed by atoms with Gasteiger partial charge in [-0.1, -0.05) is 17.7 Å². The molecule has 2 rings (SSSR count). The number of carbonyl (C=O) groups excluding carboxylic acids is 1. The van der Waals surface area contributed by atoms with Crippen molar-refractivity contribution in [2.24, 2.45) is 0 Å². The van der Waals surface area contributed by atoms with Crippen LogP contribution in [-0.2, 0) is 6.54 Å². The van der Waals surface area contributed by atoms with E-state index in [0.717, 1.165) is 15.0 Å². The van der Waals surface area contributed by atoms with Gasteiger partial charge in [0.15, 0.2) is 0 Å². The van der Waals surface area contributed by atoms with Gasteiger partial charge in [0.05, 0.1) is 6.54 Å². The minimum Gasteiger partial charge on any atom is -0.333 e. The second-order valence-electron chi connectivity index (χ2n) is 3.87. The van der Waals surface area contributed by atoms with Gasteiger partial charge in [0.25, 0.3) is 0 Å². The molecule has 0 spiro atoms. The van der Waals surface area contributed by atoms with Crippen molar-refractivity contribution in [1.82, 2.24) is 5.32 Å². The first-order valence-corrected chi connectivity index (χ1v) is 7.16. The molecule has 0 aliphatic carbocycles. The van der Waals surface area contributed by atoms with Gasteiger partial charge in [0.2, 0.25) is 0 Å². The highest BCUT2D eigenvalue weighted by Gasteiger charge is 2.04. The summed E-state index contributed by atoms with van der Waals surface area (Å²) in [5.41, 5.74) is 1.96. The van der Waals surface area contributed by atoms with Crippen LogP contribution in [0.5, 0.6) is 0 Å². The van der Waals surface area contributed by atoms with Gasteiger partial charge in [-0.25, -0.2) is 4.79 Å². The van der Waals surface area contributed by atoms with Crippen LogP contribution in [-0.4, -0.2) is 6.03 Å². The first-order chi connectivity index (χ1) is 8.65. The summed E-state index contributed by atoms with van der Waals surface area (Å²) in [5.74, 6) is 0. The van der Waals surface area contributed by atoms with Crippen LogP contribution in [0.2, 0.25) is 0 Å². The summed E-state index contributed by atoms with van der Waals surface area (Å²) in [4.78, 5) is 12.8. The Morgan fingerprint density at radius 1 is 1.28 bits per heavy atom. The Balaban J connectivity index is 1.86. The predicted octanol–water partition coefficient (Wildman–Crippen LogP) is 4.14. The molecule has 0 fully saturated rings. The molecule has 0 atom stereocenters. The number of benzene rings is 1. The molecule has 5 heteroatoms. The van der Waals surface area contributed by atoms with E-state index in [1.165, 1.54) is 5.56 Å². The molecule has 3 nitrogen and oxygen atoms in total. The molecule has 0 aliphatic heterocycles. The summed E-state index contributed by atoms with van der Waals surface area (Å²) < 4.78 is 1.03. The number of anilines is 1. The topological polar surface area (TPSA) is 41.1 Å². The lowest BCUT2D eigenvalue weighted by molar-refractivity contribution is 0.252. The van der Waals surface area contributed by atoms with Crippen LogP contribution < -0.4 is 10.6 Å². The van der Waals surface area contributed by atoms with Gasteiger partial charge >= 0.3 is 6.03 Å². The Labute approximate surface area is 118 Å². The van der Waals surface area contributed by atoms with Gasteiger partial charge in [0.1, 0.15) is 0 Å². The quantitative estimate of drug-likeness (QED) is 0.875. The maximum absolute atomic E-state index is 11.7. The Morgan fingerprint density at radius 3 is 2.61 bits per heavy atom. The molecule has 1 aromatic heterocycles. The van der Waals surface area contributed by atoms with Crippen LogP contribution in [0.15, 0.2) is 40.2 Å². The van der Waals surface area contributed by atoms with E-state index in [-0.39, 0.29) is 6.03 Å². The molecule has 0 saturated heterocycles. The van der Waals surface area contributed by atoms with E-state index in [4.69, 9.17) is 0 Å². The summed E-state index contributed by atoms with van der Waals surface area (Å²) in [6, 6.07) is 9.47.